The molecular weight excluding hydrogens is 210 g/mol. The van der Waals surface area contributed by atoms with E-state index in [0.29, 0.717) is 18.7 Å². The average molecular weight is 231 g/mol. The molecule has 1 saturated carbocycles. The quantitative estimate of drug-likeness (QED) is 0.718. The van der Waals surface area contributed by atoms with Gasteiger partial charge in [-0.2, -0.15) is 0 Å². The summed E-state index contributed by atoms with van der Waals surface area (Å²) in [5.41, 5.74) is 1.12. The Morgan fingerprint density at radius 1 is 1.29 bits per heavy atom. The molecule has 1 aliphatic carbocycles. The lowest BCUT2D eigenvalue weighted by Gasteiger charge is -2.19. The van der Waals surface area contributed by atoms with Gasteiger partial charge in [0.05, 0.1) is 6.54 Å². The van der Waals surface area contributed by atoms with E-state index in [0.717, 1.165) is 24.6 Å². The first-order valence-electron chi connectivity index (χ1n) is 6.56. The van der Waals surface area contributed by atoms with Gasteiger partial charge in [0.15, 0.2) is 5.78 Å². The maximum Gasteiger partial charge on any atom is 0.151 e. The number of carbonyl (C=O) groups excluding carboxylic acids is 1. The highest BCUT2D eigenvalue weighted by molar-refractivity contribution is 5.82. The van der Waals surface area contributed by atoms with Crippen molar-refractivity contribution in [2.24, 2.45) is 5.92 Å². The fourth-order valence-corrected chi connectivity index (χ4v) is 2.10. The number of hydrogen-bond donors (Lipinski definition) is 0. The van der Waals surface area contributed by atoms with Crippen LogP contribution in [0.4, 0.5) is 0 Å². The van der Waals surface area contributed by atoms with Crippen molar-refractivity contribution in [2.45, 2.75) is 26.2 Å². The van der Waals surface area contributed by atoms with Crippen LogP contribution in [-0.2, 0) is 11.2 Å². The topological polar surface area (TPSA) is 20.3 Å². The first kappa shape index (κ1) is 12.3. The number of hydrogen-bond acceptors (Lipinski definition) is 2. The maximum absolute atomic E-state index is 11.9. The van der Waals surface area contributed by atoms with Crippen molar-refractivity contribution in [3.05, 3.63) is 35.9 Å². The molecule has 17 heavy (non-hydrogen) atoms. The van der Waals surface area contributed by atoms with Gasteiger partial charge in [0.2, 0.25) is 0 Å². The van der Waals surface area contributed by atoms with E-state index < -0.39 is 0 Å². The van der Waals surface area contributed by atoms with Gasteiger partial charge >= 0.3 is 0 Å². The molecule has 0 N–H and O–H groups in total. The molecule has 1 aromatic rings. The molecule has 0 atom stereocenters. The molecule has 0 amide bonds. The Kier molecular flexibility index (Phi) is 4.32. The minimum atomic E-state index is 0.332. The molecule has 92 valence electrons. The maximum atomic E-state index is 11.9. The zero-order chi connectivity index (χ0) is 12.1. The summed E-state index contributed by atoms with van der Waals surface area (Å²) in [6.07, 6.45) is 3.27. The van der Waals surface area contributed by atoms with Crippen LogP contribution >= 0.6 is 0 Å². The molecule has 0 aromatic heterocycles. The lowest BCUT2D eigenvalue weighted by atomic mass is 10.1. The van der Waals surface area contributed by atoms with Gasteiger partial charge in [-0.15, -0.1) is 0 Å². The third-order valence-electron chi connectivity index (χ3n) is 3.30. The van der Waals surface area contributed by atoms with E-state index in [-0.39, 0.29) is 0 Å². The van der Waals surface area contributed by atoms with E-state index in [4.69, 9.17) is 0 Å². The average Bonchev–Trinajstić information content (AvgIpc) is 3.13. The summed E-state index contributed by atoms with van der Waals surface area (Å²) in [5.74, 6) is 1.19. The van der Waals surface area contributed by atoms with E-state index >= 15 is 0 Å². The molecule has 2 rings (SSSR count). The summed E-state index contributed by atoms with van der Waals surface area (Å²) >= 11 is 0. The zero-order valence-electron chi connectivity index (χ0n) is 10.6. The summed E-state index contributed by atoms with van der Waals surface area (Å²) in [5, 5.41) is 0. The van der Waals surface area contributed by atoms with Gasteiger partial charge in [-0.1, -0.05) is 37.3 Å². The number of rotatable bonds is 7. The molecule has 2 heteroatoms. The van der Waals surface area contributed by atoms with Crippen LogP contribution in [0.5, 0.6) is 0 Å². The van der Waals surface area contributed by atoms with E-state index in [1.165, 1.54) is 12.8 Å². The number of Topliss-reactive ketones (excluding diaryl/α,β-unsaturated/α-hetero) is 1. The Bertz CT molecular complexity index is 356. The molecule has 1 aliphatic rings. The van der Waals surface area contributed by atoms with E-state index in [9.17, 15) is 4.79 Å². The summed E-state index contributed by atoms with van der Waals surface area (Å²) in [4.78, 5) is 14.2. The predicted molar refractivity (Wildman–Crippen MR) is 70.0 cm³/mol. The van der Waals surface area contributed by atoms with Crippen molar-refractivity contribution in [2.75, 3.05) is 19.6 Å². The number of likely N-dealkylation sites (N-methyl/N-ethyl adjacent to an activating group) is 1. The van der Waals surface area contributed by atoms with Crippen LogP contribution in [0.15, 0.2) is 30.3 Å². The van der Waals surface area contributed by atoms with Gasteiger partial charge in [0.25, 0.3) is 0 Å². The Hall–Kier alpha value is -1.15. The fraction of sp³-hybridized carbons (Fsp3) is 0.533. The second kappa shape index (κ2) is 5.97. The van der Waals surface area contributed by atoms with Crippen LogP contribution in [-0.4, -0.2) is 30.3 Å². The zero-order valence-corrected chi connectivity index (χ0v) is 10.6. The standard InChI is InChI=1S/C15H21NO/c1-2-16(11-14-8-9-14)12-15(17)10-13-6-4-3-5-7-13/h3-7,14H,2,8-12H2,1H3. The van der Waals surface area contributed by atoms with Crippen molar-refractivity contribution < 1.29 is 4.79 Å². The highest BCUT2D eigenvalue weighted by Gasteiger charge is 2.24. The summed E-state index contributed by atoms with van der Waals surface area (Å²) in [6, 6.07) is 10.0. The Morgan fingerprint density at radius 3 is 2.59 bits per heavy atom. The smallest absolute Gasteiger partial charge is 0.151 e. The minimum absolute atomic E-state index is 0.332. The molecule has 0 heterocycles. The Labute approximate surface area is 104 Å². The summed E-state index contributed by atoms with van der Waals surface area (Å²) in [7, 11) is 0. The first-order chi connectivity index (χ1) is 8.28. The van der Waals surface area contributed by atoms with Gasteiger partial charge in [0, 0.05) is 13.0 Å². The van der Waals surface area contributed by atoms with Crippen LogP contribution in [0.2, 0.25) is 0 Å². The molecule has 2 nitrogen and oxygen atoms in total. The first-order valence-corrected chi connectivity index (χ1v) is 6.56. The van der Waals surface area contributed by atoms with Crippen molar-refractivity contribution in [3.63, 3.8) is 0 Å². The molecule has 1 fully saturated rings. The molecule has 0 unspecified atom stereocenters. The number of carbonyl (C=O) groups is 1. The highest BCUT2D eigenvalue weighted by Crippen LogP contribution is 2.29. The van der Waals surface area contributed by atoms with Gasteiger partial charge in [-0.05, 0) is 30.9 Å². The number of nitrogens with zero attached hydrogens (tertiary/aromatic N) is 1. The molecule has 0 saturated heterocycles. The van der Waals surface area contributed by atoms with Gasteiger partial charge in [0.1, 0.15) is 0 Å². The molecule has 0 aliphatic heterocycles. The largest absolute Gasteiger partial charge is 0.298 e. The van der Waals surface area contributed by atoms with Crippen LogP contribution < -0.4 is 0 Å². The second-order valence-electron chi connectivity index (χ2n) is 4.97. The second-order valence-corrected chi connectivity index (χ2v) is 4.97. The molecule has 0 bridgehead atoms. The third-order valence-corrected chi connectivity index (χ3v) is 3.30. The van der Waals surface area contributed by atoms with E-state index in [1.54, 1.807) is 0 Å². The lowest BCUT2D eigenvalue weighted by molar-refractivity contribution is -0.119. The molecule has 0 radical (unpaired) electrons. The minimum Gasteiger partial charge on any atom is -0.298 e. The van der Waals surface area contributed by atoms with Gasteiger partial charge in [-0.25, -0.2) is 0 Å². The van der Waals surface area contributed by atoms with Crippen LogP contribution in [0, 0.1) is 5.92 Å². The SMILES string of the molecule is CCN(CC(=O)Cc1ccccc1)CC1CC1. The highest BCUT2D eigenvalue weighted by atomic mass is 16.1. The van der Waals surface area contributed by atoms with Crippen LogP contribution in [0.3, 0.4) is 0 Å². The van der Waals surface area contributed by atoms with Crippen molar-refractivity contribution in [1.29, 1.82) is 0 Å². The van der Waals surface area contributed by atoms with Gasteiger partial charge < -0.3 is 0 Å². The van der Waals surface area contributed by atoms with Gasteiger partial charge in [-0.3, -0.25) is 9.69 Å². The Balaban J connectivity index is 1.79. The van der Waals surface area contributed by atoms with Crippen LogP contribution in [0.25, 0.3) is 0 Å². The fourth-order valence-electron chi connectivity index (χ4n) is 2.10. The normalized spacial score (nSPS) is 15.2. The molecule has 1 aromatic carbocycles. The predicted octanol–water partition coefficient (Wildman–Crippen LogP) is 2.53. The molecular formula is C15H21NO. The summed E-state index contributed by atoms with van der Waals surface area (Å²) < 4.78 is 0. The van der Waals surface area contributed by atoms with E-state index in [1.807, 2.05) is 30.3 Å². The van der Waals surface area contributed by atoms with Crippen molar-refractivity contribution in [1.82, 2.24) is 4.90 Å². The third kappa shape index (κ3) is 4.31. The number of benzene rings is 1. The number of ketones is 1. The lowest BCUT2D eigenvalue weighted by Crippen LogP contribution is -2.32. The monoisotopic (exact) mass is 231 g/mol. The van der Waals surface area contributed by atoms with Crippen molar-refractivity contribution in [3.8, 4) is 0 Å². The van der Waals surface area contributed by atoms with E-state index in [2.05, 4.69) is 11.8 Å². The Morgan fingerprint density at radius 2 is 2.00 bits per heavy atom. The van der Waals surface area contributed by atoms with Crippen LogP contribution in [0.1, 0.15) is 25.3 Å². The van der Waals surface area contributed by atoms with Crippen molar-refractivity contribution >= 4 is 5.78 Å². The molecule has 0 spiro atoms. The summed E-state index contributed by atoms with van der Waals surface area (Å²) in [6.45, 7) is 4.84.